The van der Waals surface area contributed by atoms with Gasteiger partial charge in [0.2, 0.25) is 0 Å². The Morgan fingerprint density at radius 3 is 3.40 bits per heavy atom. The summed E-state index contributed by atoms with van der Waals surface area (Å²) in [7, 11) is 0. The van der Waals surface area contributed by atoms with E-state index in [-0.39, 0.29) is 0 Å². The molecule has 2 nitrogen and oxygen atoms in total. The summed E-state index contributed by atoms with van der Waals surface area (Å²) in [6, 6.07) is 2.04. The first kappa shape index (κ1) is 6.31. The lowest BCUT2D eigenvalue weighted by Gasteiger charge is -1.99. The third-order valence-corrected chi connectivity index (χ3v) is 2.50. The van der Waals surface area contributed by atoms with Crippen molar-refractivity contribution in [2.24, 2.45) is 0 Å². The highest BCUT2D eigenvalue weighted by Crippen LogP contribution is 2.28. The average Bonchev–Trinajstić information content (AvgIpc) is 2.34. The molecule has 1 unspecified atom stereocenters. The Hall–Kier alpha value is -0.410. The molecule has 52 valence electrons. The molecule has 0 bridgehead atoms. The van der Waals surface area contributed by atoms with Gasteiger partial charge in [-0.15, -0.1) is 0 Å². The zero-order valence-electron chi connectivity index (χ0n) is 5.34. The number of halogens is 1. The third-order valence-electron chi connectivity index (χ3n) is 1.69. The molecule has 1 aliphatic rings. The molecule has 0 fully saturated rings. The van der Waals surface area contributed by atoms with Crippen molar-refractivity contribution in [1.29, 1.82) is 0 Å². The van der Waals surface area contributed by atoms with Crippen LogP contribution in [0.15, 0.2) is 18.5 Å². The van der Waals surface area contributed by atoms with Gasteiger partial charge >= 0.3 is 0 Å². The molecule has 1 aliphatic heterocycles. The van der Waals surface area contributed by atoms with Crippen LogP contribution in [0.25, 0.3) is 0 Å². The van der Waals surface area contributed by atoms with Crippen molar-refractivity contribution in [3.05, 3.63) is 29.6 Å². The Labute approximate surface area is 67.8 Å². The van der Waals surface area contributed by atoms with Gasteiger partial charge in [-0.1, -0.05) is 15.9 Å². The molecule has 2 rings (SSSR count). The number of nitrogens with one attached hydrogen (secondary N) is 1. The maximum absolute atomic E-state index is 4.03. The number of rotatable bonds is 0. The molecule has 2 heterocycles. The van der Waals surface area contributed by atoms with E-state index in [1.54, 1.807) is 0 Å². The first-order valence-electron chi connectivity index (χ1n) is 3.18. The van der Waals surface area contributed by atoms with Crippen molar-refractivity contribution in [2.45, 2.75) is 11.5 Å². The summed E-state index contributed by atoms with van der Waals surface area (Å²) in [5, 5.41) is 3.26. The Kier molecular flexibility index (Phi) is 1.47. The first-order valence-corrected chi connectivity index (χ1v) is 4.10. The van der Waals surface area contributed by atoms with Crippen LogP contribution in [0.5, 0.6) is 0 Å². The largest absolute Gasteiger partial charge is 0.297 e. The number of hydrogen-bond donors (Lipinski definition) is 1. The minimum atomic E-state index is 0.325. The Bertz CT molecular complexity index is 249. The summed E-state index contributed by atoms with van der Waals surface area (Å²) >= 11 is 3.50. The van der Waals surface area contributed by atoms with Gasteiger partial charge in [-0.25, -0.2) is 0 Å². The molecule has 1 atom stereocenters. The third kappa shape index (κ3) is 0.859. The Morgan fingerprint density at radius 1 is 1.70 bits per heavy atom. The summed E-state index contributed by atoms with van der Waals surface area (Å²) in [5.41, 5.74) is 2.61. The minimum Gasteiger partial charge on any atom is -0.297 e. The zero-order valence-corrected chi connectivity index (χ0v) is 6.93. The van der Waals surface area contributed by atoms with E-state index in [4.69, 9.17) is 0 Å². The predicted molar refractivity (Wildman–Crippen MR) is 42.7 cm³/mol. The van der Waals surface area contributed by atoms with E-state index in [9.17, 15) is 0 Å². The van der Waals surface area contributed by atoms with Gasteiger partial charge in [0.25, 0.3) is 0 Å². The molecular formula is C7H7BrN2. The van der Waals surface area contributed by atoms with E-state index >= 15 is 0 Å². The molecular weight excluding hydrogens is 192 g/mol. The van der Waals surface area contributed by atoms with Crippen LogP contribution >= 0.6 is 15.9 Å². The maximum atomic E-state index is 4.03. The maximum Gasteiger partial charge on any atom is 0.0893 e. The summed E-state index contributed by atoms with van der Waals surface area (Å²) in [5.74, 6) is 0. The quantitative estimate of drug-likeness (QED) is 0.506. The number of alkyl halides is 1. The molecule has 10 heavy (non-hydrogen) atoms. The number of hydrogen-bond acceptors (Lipinski definition) is 2. The molecule has 0 radical (unpaired) electrons. The summed E-state index contributed by atoms with van der Waals surface area (Å²) in [4.78, 5) is 4.35. The molecule has 0 saturated carbocycles. The van der Waals surface area contributed by atoms with Crippen molar-refractivity contribution < 1.29 is 0 Å². The van der Waals surface area contributed by atoms with E-state index in [0.29, 0.717) is 4.95 Å². The summed E-state index contributed by atoms with van der Waals surface area (Å²) in [6.45, 7) is 0.930. The zero-order chi connectivity index (χ0) is 6.97. The molecule has 0 spiro atoms. The molecule has 3 heteroatoms. The Morgan fingerprint density at radius 2 is 2.60 bits per heavy atom. The van der Waals surface area contributed by atoms with E-state index in [1.165, 1.54) is 11.1 Å². The number of aromatic nitrogens is 1. The smallest absolute Gasteiger partial charge is 0.0893 e. The van der Waals surface area contributed by atoms with Crippen molar-refractivity contribution in [3.8, 4) is 0 Å². The normalized spacial score (nSPS) is 22.7. The van der Waals surface area contributed by atoms with Crippen LogP contribution in [-0.2, 0) is 6.54 Å². The predicted octanol–water partition coefficient (Wildman–Crippen LogP) is 1.58. The molecule has 1 aromatic heterocycles. The highest BCUT2D eigenvalue weighted by molar-refractivity contribution is 9.09. The van der Waals surface area contributed by atoms with Crippen molar-refractivity contribution in [1.82, 2.24) is 10.3 Å². The van der Waals surface area contributed by atoms with Crippen molar-refractivity contribution in [2.75, 3.05) is 0 Å². The second kappa shape index (κ2) is 2.32. The highest BCUT2D eigenvalue weighted by Gasteiger charge is 2.17. The van der Waals surface area contributed by atoms with Crippen LogP contribution in [-0.4, -0.2) is 4.98 Å². The van der Waals surface area contributed by atoms with Gasteiger partial charge in [0.1, 0.15) is 0 Å². The van der Waals surface area contributed by atoms with Gasteiger partial charge in [-0.05, 0) is 17.2 Å². The van der Waals surface area contributed by atoms with E-state index in [1.807, 2.05) is 18.5 Å². The fourth-order valence-electron chi connectivity index (χ4n) is 1.14. The van der Waals surface area contributed by atoms with Crippen LogP contribution in [0.1, 0.15) is 16.1 Å². The second-order valence-electron chi connectivity index (χ2n) is 2.32. The van der Waals surface area contributed by atoms with Gasteiger partial charge in [-0.3, -0.25) is 10.3 Å². The van der Waals surface area contributed by atoms with Gasteiger partial charge in [0.15, 0.2) is 0 Å². The van der Waals surface area contributed by atoms with Crippen LogP contribution in [0, 0.1) is 0 Å². The molecule has 1 aromatic rings. The van der Waals surface area contributed by atoms with Crippen LogP contribution in [0.3, 0.4) is 0 Å². The van der Waals surface area contributed by atoms with Crippen LogP contribution < -0.4 is 5.32 Å². The lowest BCUT2D eigenvalue weighted by Crippen LogP contribution is -2.03. The van der Waals surface area contributed by atoms with Gasteiger partial charge in [-0.2, -0.15) is 0 Å². The average molecular weight is 199 g/mol. The summed E-state index contributed by atoms with van der Waals surface area (Å²) in [6.07, 6.45) is 3.73. The number of nitrogens with zero attached hydrogens (tertiary/aromatic N) is 1. The molecule has 0 aliphatic carbocycles. The van der Waals surface area contributed by atoms with Crippen molar-refractivity contribution >= 4 is 15.9 Å². The number of pyridine rings is 1. The fraction of sp³-hybridized carbons (Fsp3) is 0.286. The molecule has 1 N–H and O–H groups in total. The van der Waals surface area contributed by atoms with Gasteiger partial charge in [0, 0.05) is 18.9 Å². The minimum absolute atomic E-state index is 0.325. The van der Waals surface area contributed by atoms with Gasteiger partial charge < -0.3 is 0 Å². The molecule has 0 aromatic carbocycles. The number of fused-ring (bicyclic) bond motifs is 1. The lowest BCUT2D eigenvalue weighted by molar-refractivity contribution is 0.757. The monoisotopic (exact) mass is 198 g/mol. The highest BCUT2D eigenvalue weighted by atomic mass is 79.9. The second-order valence-corrected chi connectivity index (χ2v) is 3.23. The van der Waals surface area contributed by atoms with Crippen LogP contribution in [0.2, 0.25) is 0 Å². The van der Waals surface area contributed by atoms with Crippen molar-refractivity contribution in [3.63, 3.8) is 0 Å². The fourth-order valence-corrected chi connectivity index (χ4v) is 1.75. The molecule has 0 amide bonds. The molecule has 0 saturated heterocycles. The topological polar surface area (TPSA) is 24.9 Å². The summed E-state index contributed by atoms with van der Waals surface area (Å²) < 4.78 is 0. The lowest BCUT2D eigenvalue weighted by atomic mass is 10.2. The van der Waals surface area contributed by atoms with E-state index in [0.717, 1.165) is 6.54 Å². The van der Waals surface area contributed by atoms with E-state index in [2.05, 4.69) is 26.2 Å². The first-order chi connectivity index (χ1) is 4.88. The SMILES string of the molecule is BrC1NCc2cnccc21. The van der Waals surface area contributed by atoms with Crippen LogP contribution in [0.4, 0.5) is 0 Å². The van der Waals surface area contributed by atoms with E-state index < -0.39 is 0 Å². The standard InChI is InChI=1S/C7H7BrN2/c8-7-6-1-2-9-3-5(6)4-10-7/h1-3,7,10H,4H2. The Balaban J connectivity index is 2.51. The van der Waals surface area contributed by atoms with Gasteiger partial charge in [0.05, 0.1) is 4.95 Å².